The van der Waals surface area contributed by atoms with Gasteiger partial charge in [0.15, 0.2) is 5.65 Å². The molecule has 0 atom stereocenters. The van der Waals surface area contributed by atoms with Crippen molar-refractivity contribution in [3.05, 3.63) is 36.4 Å². The van der Waals surface area contributed by atoms with Crippen molar-refractivity contribution in [2.75, 3.05) is 13.1 Å². The molecule has 1 fully saturated rings. The Hall–Kier alpha value is -3.51. The molecule has 1 aromatic carbocycles. The van der Waals surface area contributed by atoms with Gasteiger partial charge in [-0.1, -0.05) is 0 Å². The lowest BCUT2D eigenvalue weighted by molar-refractivity contribution is -0.274. The van der Waals surface area contributed by atoms with E-state index in [1.165, 1.54) is 17.0 Å². The summed E-state index contributed by atoms with van der Waals surface area (Å²) in [6, 6.07) is 4.83. The van der Waals surface area contributed by atoms with Crippen LogP contribution in [0.3, 0.4) is 0 Å². The Balaban J connectivity index is 1.66. The molecule has 182 valence electrons. The number of fused-ring (bicyclic) bond motifs is 1. The minimum atomic E-state index is -4.85. The van der Waals surface area contributed by atoms with Crippen LogP contribution in [-0.4, -0.2) is 55.6 Å². The van der Waals surface area contributed by atoms with Gasteiger partial charge in [0.05, 0.1) is 5.92 Å². The second-order valence-corrected chi connectivity index (χ2v) is 8.69. The van der Waals surface area contributed by atoms with Gasteiger partial charge < -0.3 is 14.4 Å². The predicted molar refractivity (Wildman–Crippen MR) is 109 cm³/mol. The number of halogens is 5. The van der Waals surface area contributed by atoms with Crippen LogP contribution in [0.15, 0.2) is 30.6 Å². The van der Waals surface area contributed by atoms with Crippen LogP contribution in [0.4, 0.5) is 26.7 Å². The number of hydrogen-bond donors (Lipinski definition) is 0. The Kier molecular flexibility index (Phi) is 5.82. The van der Waals surface area contributed by atoms with Crippen LogP contribution in [0.2, 0.25) is 0 Å². The van der Waals surface area contributed by atoms with Crippen molar-refractivity contribution >= 4 is 17.3 Å². The lowest BCUT2D eigenvalue weighted by atomic mass is 9.99. The fraction of sp³-hybridized carbons (Fsp3) is 0.429. The van der Waals surface area contributed by atoms with Gasteiger partial charge in [0.2, 0.25) is 0 Å². The quantitative estimate of drug-likeness (QED) is 0.477. The number of imidazole rings is 1. The molecule has 0 saturated carbocycles. The number of nitrogens with zero attached hydrogens (tertiary/aromatic N) is 5. The third-order valence-corrected chi connectivity index (χ3v) is 4.91. The number of amides is 1. The maximum atomic E-state index is 13.5. The molecule has 1 saturated heterocycles. The van der Waals surface area contributed by atoms with Gasteiger partial charge in [-0.2, -0.15) is 8.78 Å². The summed E-state index contributed by atoms with van der Waals surface area (Å²) >= 11 is 0. The lowest BCUT2D eigenvalue weighted by Gasteiger charge is -2.38. The summed E-state index contributed by atoms with van der Waals surface area (Å²) < 4.78 is 74.1. The van der Waals surface area contributed by atoms with Crippen LogP contribution in [0.1, 0.15) is 39.1 Å². The first-order valence-corrected chi connectivity index (χ1v) is 10.2. The fourth-order valence-electron chi connectivity index (χ4n) is 3.39. The van der Waals surface area contributed by atoms with Gasteiger partial charge in [-0.3, -0.25) is 4.57 Å². The minimum absolute atomic E-state index is 0.0665. The SMILES string of the molecule is CC(C)(C)OC(=O)N1CC(c2nc(-c3ccc(OC(F)(F)F)cc3)c3ncn(C(F)F)c3n2)C1. The zero-order valence-corrected chi connectivity index (χ0v) is 18.3. The summed E-state index contributed by atoms with van der Waals surface area (Å²) in [4.78, 5) is 26.4. The number of aromatic nitrogens is 4. The smallest absolute Gasteiger partial charge is 0.444 e. The monoisotopic (exact) mass is 485 g/mol. The van der Waals surface area contributed by atoms with Gasteiger partial charge in [0.1, 0.15) is 34.7 Å². The number of ether oxygens (including phenoxy) is 2. The molecule has 8 nitrogen and oxygen atoms in total. The Morgan fingerprint density at radius 3 is 2.29 bits per heavy atom. The third-order valence-electron chi connectivity index (χ3n) is 4.91. The maximum absolute atomic E-state index is 13.5. The molecule has 3 heterocycles. The first-order valence-electron chi connectivity index (χ1n) is 10.2. The second-order valence-electron chi connectivity index (χ2n) is 8.69. The lowest BCUT2D eigenvalue weighted by Crippen LogP contribution is -2.50. The van der Waals surface area contributed by atoms with Gasteiger partial charge in [-0.25, -0.2) is 19.7 Å². The van der Waals surface area contributed by atoms with Gasteiger partial charge in [0.25, 0.3) is 0 Å². The zero-order valence-electron chi connectivity index (χ0n) is 18.3. The van der Waals surface area contributed by atoms with Crippen molar-refractivity contribution in [2.24, 2.45) is 0 Å². The van der Waals surface area contributed by atoms with E-state index in [2.05, 4.69) is 19.7 Å². The highest BCUT2D eigenvalue weighted by molar-refractivity contribution is 5.87. The van der Waals surface area contributed by atoms with Gasteiger partial charge in [-0.15, -0.1) is 13.2 Å². The summed E-state index contributed by atoms with van der Waals surface area (Å²) in [6.45, 7) is 2.75. The molecule has 1 amide bonds. The van der Waals surface area contributed by atoms with E-state index in [1.54, 1.807) is 20.8 Å². The molecule has 3 aromatic rings. The van der Waals surface area contributed by atoms with Crippen LogP contribution in [0, 0.1) is 0 Å². The normalized spacial score (nSPS) is 15.0. The summed E-state index contributed by atoms with van der Waals surface area (Å²) in [5.41, 5.74) is -0.214. The molecule has 2 aromatic heterocycles. The Morgan fingerprint density at radius 1 is 1.09 bits per heavy atom. The number of rotatable bonds is 4. The van der Waals surface area contributed by atoms with Crippen molar-refractivity contribution in [3.8, 4) is 17.0 Å². The first kappa shape index (κ1) is 23.6. The average molecular weight is 485 g/mol. The molecule has 4 rings (SSSR count). The number of benzene rings is 1. The van der Waals surface area contributed by atoms with Gasteiger partial charge in [0, 0.05) is 18.7 Å². The largest absolute Gasteiger partial charge is 0.573 e. The van der Waals surface area contributed by atoms with E-state index in [4.69, 9.17) is 4.74 Å². The molecule has 0 aliphatic carbocycles. The number of carbonyl (C=O) groups excluding carboxylic acids is 1. The van der Waals surface area contributed by atoms with Gasteiger partial charge >= 0.3 is 19.0 Å². The predicted octanol–water partition coefficient (Wildman–Crippen LogP) is 5.12. The summed E-state index contributed by atoms with van der Waals surface area (Å²) in [6.07, 6.45) is -4.44. The van der Waals surface area contributed by atoms with Crippen molar-refractivity contribution in [1.82, 2.24) is 24.4 Å². The third kappa shape index (κ3) is 5.02. The first-order chi connectivity index (χ1) is 15.8. The van der Waals surface area contributed by atoms with E-state index < -0.39 is 30.4 Å². The van der Waals surface area contributed by atoms with Crippen LogP contribution in [0.25, 0.3) is 22.4 Å². The van der Waals surface area contributed by atoms with Crippen LogP contribution in [-0.2, 0) is 4.74 Å². The van der Waals surface area contributed by atoms with Crippen LogP contribution in [0.5, 0.6) is 5.75 Å². The number of likely N-dealkylation sites (tertiary alicyclic amines) is 1. The van der Waals surface area contributed by atoms with E-state index in [0.717, 1.165) is 18.5 Å². The Bertz CT molecular complexity index is 1200. The van der Waals surface area contributed by atoms with E-state index >= 15 is 0 Å². The topological polar surface area (TPSA) is 82.4 Å². The number of hydrogen-bond acceptors (Lipinski definition) is 6. The van der Waals surface area contributed by atoms with Crippen LogP contribution < -0.4 is 4.74 Å². The molecule has 0 bridgehead atoms. The highest BCUT2D eigenvalue weighted by Gasteiger charge is 2.37. The highest BCUT2D eigenvalue weighted by atomic mass is 19.4. The molecule has 0 radical (unpaired) electrons. The fourth-order valence-corrected chi connectivity index (χ4v) is 3.39. The molecule has 1 aliphatic heterocycles. The Morgan fingerprint density at radius 2 is 1.74 bits per heavy atom. The zero-order chi connectivity index (χ0) is 24.8. The average Bonchev–Trinajstić information content (AvgIpc) is 3.08. The molecule has 1 aliphatic rings. The molecular weight excluding hydrogens is 465 g/mol. The van der Waals surface area contributed by atoms with Crippen molar-refractivity contribution < 1.29 is 36.2 Å². The van der Waals surface area contributed by atoms with Crippen molar-refractivity contribution in [2.45, 2.75) is 45.2 Å². The molecule has 34 heavy (non-hydrogen) atoms. The molecule has 0 N–H and O–H groups in total. The molecule has 13 heteroatoms. The van der Waals surface area contributed by atoms with Gasteiger partial charge in [-0.05, 0) is 45.0 Å². The molecular formula is C21H20F5N5O3. The second kappa shape index (κ2) is 8.37. The van der Waals surface area contributed by atoms with E-state index in [1.807, 2.05) is 0 Å². The van der Waals surface area contributed by atoms with Crippen molar-refractivity contribution in [3.63, 3.8) is 0 Å². The van der Waals surface area contributed by atoms with Crippen LogP contribution >= 0.6 is 0 Å². The Labute approximate surface area is 190 Å². The van der Waals surface area contributed by atoms with E-state index in [0.29, 0.717) is 10.1 Å². The number of carbonyl (C=O) groups is 1. The highest BCUT2D eigenvalue weighted by Crippen LogP contribution is 2.33. The standard InChI is InChI=1S/C21H20F5N5O3/c1-20(2,3)34-19(32)30-8-12(9-30)16-28-14(15-17(29-16)31(10-27-15)18(22)23)11-4-6-13(7-5-11)33-21(24,25)26/h4-7,10,12,18H,8-9H2,1-3H3. The van der Waals surface area contributed by atoms with Crippen molar-refractivity contribution in [1.29, 1.82) is 0 Å². The summed E-state index contributed by atoms with van der Waals surface area (Å²) in [5.74, 6) is -0.572. The summed E-state index contributed by atoms with van der Waals surface area (Å²) in [7, 11) is 0. The minimum Gasteiger partial charge on any atom is -0.444 e. The number of alkyl halides is 5. The van der Waals surface area contributed by atoms with E-state index in [-0.39, 0.29) is 41.7 Å². The summed E-state index contributed by atoms with van der Waals surface area (Å²) in [5, 5.41) is 0. The molecule has 0 unspecified atom stereocenters. The maximum Gasteiger partial charge on any atom is 0.573 e. The van der Waals surface area contributed by atoms with E-state index in [9.17, 15) is 26.7 Å². The molecule has 0 spiro atoms.